The first-order valence-electron chi connectivity index (χ1n) is 9.51. The van der Waals surface area contributed by atoms with Gasteiger partial charge in [-0.05, 0) is 55.8 Å². The summed E-state index contributed by atoms with van der Waals surface area (Å²) in [6.07, 6.45) is 1.52. The molecule has 2 aromatic rings. The van der Waals surface area contributed by atoms with E-state index in [0.717, 1.165) is 28.4 Å². The maximum absolute atomic E-state index is 12.3. The lowest BCUT2D eigenvalue weighted by atomic mass is 10.1. The van der Waals surface area contributed by atoms with Crippen LogP contribution in [0.1, 0.15) is 48.6 Å². The molecule has 0 radical (unpaired) electrons. The molecule has 0 aliphatic carbocycles. The predicted octanol–water partition coefficient (Wildman–Crippen LogP) is 4.15. The average Bonchev–Trinajstić information content (AvgIpc) is 3.28. The molecular weight excluding hydrogens is 386 g/mol. The lowest BCUT2D eigenvalue weighted by Crippen LogP contribution is -2.30. The summed E-state index contributed by atoms with van der Waals surface area (Å²) in [5.41, 5.74) is 2.72. The third-order valence-corrected chi connectivity index (χ3v) is 5.54. The molecule has 0 unspecified atom stereocenters. The number of amides is 1. The van der Waals surface area contributed by atoms with Crippen LogP contribution in [0.3, 0.4) is 0 Å². The number of aromatic nitrogens is 1. The molecule has 1 atom stereocenters. The minimum atomic E-state index is -0.805. The van der Waals surface area contributed by atoms with Gasteiger partial charge in [0.2, 0.25) is 0 Å². The van der Waals surface area contributed by atoms with Crippen molar-refractivity contribution >= 4 is 29.3 Å². The van der Waals surface area contributed by atoms with E-state index in [1.54, 1.807) is 0 Å². The van der Waals surface area contributed by atoms with Crippen LogP contribution in [0.25, 0.3) is 6.08 Å². The Bertz CT molecular complexity index is 933. The summed E-state index contributed by atoms with van der Waals surface area (Å²) in [6, 6.07) is 7.49. The number of carbonyl (C=O) groups is 2. The summed E-state index contributed by atoms with van der Waals surface area (Å²) in [7, 11) is 0. The molecule has 2 aromatic heterocycles. The third kappa shape index (κ3) is 6.06. The number of hydrogen-bond acceptors (Lipinski definition) is 5. The lowest BCUT2D eigenvalue weighted by molar-refractivity contribution is -0.144. The Morgan fingerprint density at radius 1 is 1.34 bits per heavy atom. The van der Waals surface area contributed by atoms with Crippen molar-refractivity contribution in [1.82, 2.24) is 9.88 Å². The van der Waals surface area contributed by atoms with E-state index in [1.807, 2.05) is 50.4 Å². The van der Waals surface area contributed by atoms with Crippen molar-refractivity contribution in [2.24, 2.45) is 5.92 Å². The van der Waals surface area contributed by atoms with Gasteiger partial charge in [-0.1, -0.05) is 19.9 Å². The van der Waals surface area contributed by atoms with Crippen LogP contribution in [0.4, 0.5) is 0 Å². The molecule has 1 N–H and O–H groups in total. The van der Waals surface area contributed by atoms with E-state index in [9.17, 15) is 14.9 Å². The van der Waals surface area contributed by atoms with E-state index in [-0.39, 0.29) is 11.6 Å². The van der Waals surface area contributed by atoms with Crippen LogP contribution in [0, 0.1) is 31.1 Å². The summed E-state index contributed by atoms with van der Waals surface area (Å²) in [6.45, 7) is 10.5. The number of thiophene rings is 1. The van der Waals surface area contributed by atoms with Gasteiger partial charge in [0, 0.05) is 22.8 Å². The summed E-state index contributed by atoms with van der Waals surface area (Å²) in [4.78, 5) is 25.3. The zero-order valence-corrected chi connectivity index (χ0v) is 18.3. The van der Waals surface area contributed by atoms with E-state index in [2.05, 4.69) is 23.7 Å². The van der Waals surface area contributed by atoms with Crippen molar-refractivity contribution in [2.45, 2.75) is 47.2 Å². The molecule has 2 rings (SSSR count). The summed E-state index contributed by atoms with van der Waals surface area (Å²) in [5, 5.41) is 14.1. The van der Waals surface area contributed by atoms with Crippen LogP contribution in [-0.2, 0) is 20.9 Å². The Morgan fingerprint density at radius 3 is 2.66 bits per heavy atom. The van der Waals surface area contributed by atoms with Gasteiger partial charge in [-0.2, -0.15) is 5.26 Å². The Balaban J connectivity index is 2.02. The number of rotatable bonds is 8. The molecule has 6 nitrogen and oxygen atoms in total. The summed E-state index contributed by atoms with van der Waals surface area (Å²) >= 11 is 1.54. The molecule has 154 valence electrons. The molecule has 1 amide bonds. The van der Waals surface area contributed by atoms with Crippen molar-refractivity contribution in [1.29, 1.82) is 5.26 Å². The maximum atomic E-state index is 12.3. The van der Waals surface area contributed by atoms with Crippen molar-refractivity contribution in [2.75, 3.05) is 6.61 Å². The standard InChI is InChI=1S/C22H27N3O3S/c1-14(2)12-25-15(3)9-18(17(25)5)10-19(11-23)22(27)28-13-21(26)24-16(4)20-7-6-8-29-20/h6-10,14,16H,12-13H2,1-5H3,(H,24,26)/b19-10+/t16-/m1/s1. The first-order chi connectivity index (χ1) is 13.7. The zero-order chi connectivity index (χ0) is 21.6. The van der Waals surface area contributed by atoms with Crippen LogP contribution in [0.15, 0.2) is 29.2 Å². The largest absolute Gasteiger partial charge is 0.451 e. The number of aryl methyl sites for hydroxylation is 1. The van der Waals surface area contributed by atoms with Crippen LogP contribution in [0.2, 0.25) is 0 Å². The van der Waals surface area contributed by atoms with Gasteiger partial charge >= 0.3 is 5.97 Å². The smallest absolute Gasteiger partial charge is 0.349 e. The normalized spacial score (nSPS) is 12.5. The fourth-order valence-electron chi connectivity index (χ4n) is 3.01. The average molecular weight is 414 g/mol. The number of carbonyl (C=O) groups excluding carboxylic acids is 2. The molecule has 0 bridgehead atoms. The van der Waals surface area contributed by atoms with Gasteiger partial charge in [-0.25, -0.2) is 4.79 Å². The summed E-state index contributed by atoms with van der Waals surface area (Å²) < 4.78 is 7.21. The van der Waals surface area contributed by atoms with E-state index < -0.39 is 18.5 Å². The van der Waals surface area contributed by atoms with Gasteiger partial charge in [0.1, 0.15) is 11.6 Å². The minimum Gasteiger partial charge on any atom is -0.451 e. The molecule has 29 heavy (non-hydrogen) atoms. The molecule has 0 fully saturated rings. The van der Waals surface area contributed by atoms with Gasteiger partial charge in [0.25, 0.3) is 5.91 Å². The zero-order valence-electron chi connectivity index (χ0n) is 17.5. The van der Waals surface area contributed by atoms with Crippen molar-refractivity contribution in [3.05, 3.63) is 51.0 Å². The molecule has 0 saturated carbocycles. The first-order valence-corrected chi connectivity index (χ1v) is 10.4. The third-order valence-electron chi connectivity index (χ3n) is 4.48. The van der Waals surface area contributed by atoms with Gasteiger partial charge in [-0.3, -0.25) is 4.79 Å². The second-order valence-corrected chi connectivity index (χ2v) is 8.36. The molecule has 0 aliphatic rings. The second-order valence-electron chi connectivity index (χ2n) is 7.38. The van der Waals surface area contributed by atoms with Crippen molar-refractivity contribution in [3.63, 3.8) is 0 Å². The first kappa shape index (κ1) is 22.4. The topological polar surface area (TPSA) is 84.1 Å². The molecule has 0 saturated heterocycles. The van der Waals surface area contributed by atoms with Crippen LogP contribution >= 0.6 is 11.3 Å². The number of esters is 1. The van der Waals surface area contributed by atoms with Crippen LogP contribution in [0.5, 0.6) is 0 Å². The van der Waals surface area contributed by atoms with Gasteiger partial charge in [0.05, 0.1) is 6.04 Å². The Hall–Kier alpha value is -2.85. The summed E-state index contributed by atoms with van der Waals surface area (Å²) in [5.74, 6) is -0.737. The highest BCUT2D eigenvalue weighted by molar-refractivity contribution is 7.10. The molecule has 0 aliphatic heterocycles. The molecule has 0 aromatic carbocycles. The van der Waals surface area contributed by atoms with E-state index in [0.29, 0.717) is 5.92 Å². The fraction of sp³-hybridized carbons (Fsp3) is 0.409. The highest BCUT2D eigenvalue weighted by atomic mass is 32.1. The highest BCUT2D eigenvalue weighted by Gasteiger charge is 2.17. The Kier molecular flexibility index (Phi) is 7.80. The Labute approximate surface area is 175 Å². The number of hydrogen-bond donors (Lipinski definition) is 1. The second kappa shape index (κ2) is 10.1. The van der Waals surface area contributed by atoms with Crippen molar-refractivity contribution < 1.29 is 14.3 Å². The van der Waals surface area contributed by atoms with Gasteiger partial charge in [0.15, 0.2) is 6.61 Å². The monoisotopic (exact) mass is 413 g/mol. The minimum absolute atomic E-state index is 0.131. The highest BCUT2D eigenvalue weighted by Crippen LogP contribution is 2.20. The molecule has 0 spiro atoms. The number of nitrogens with one attached hydrogen (secondary N) is 1. The Morgan fingerprint density at radius 2 is 2.07 bits per heavy atom. The lowest BCUT2D eigenvalue weighted by Gasteiger charge is -2.12. The predicted molar refractivity (Wildman–Crippen MR) is 114 cm³/mol. The van der Waals surface area contributed by atoms with E-state index >= 15 is 0 Å². The molecule has 2 heterocycles. The van der Waals surface area contributed by atoms with Gasteiger partial charge in [-0.15, -0.1) is 11.3 Å². The van der Waals surface area contributed by atoms with Crippen molar-refractivity contribution in [3.8, 4) is 6.07 Å². The maximum Gasteiger partial charge on any atom is 0.349 e. The number of ether oxygens (including phenoxy) is 1. The number of nitriles is 1. The van der Waals surface area contributed by atoms with Crippen LogP contribution < -0.4 is 5.32 Å². The number of nitrogens with zero attached hydrogens (tertiary/aromatic N) is 2. The van der Waals surface area contributed by atoms with Crippen LogP contribution in [-0.4, -0.2) is 23.1 Å². The SMILES string of the molecule is Cc1cc(/C=C(\C#N)C(=O)OCC(=O)N[C@H](C)c2cccs2)c(C)n1CC(C)C. The fourth-order valence-corrected chi connectivity index (χ4v) is 3.75. The quantitative estimate of drug-likeness (QED) is 0.400. The van der Waals surface area contributed by atoms with Gasteiger partial charge < -0.3 is 14.6 Å². The molecule has 7 heteroatoms. The van der Waals surface area contributed by atoms with E-state index in [1.165, 1.54) is 17.4 Å². The van der Waals surface area contributed by atoms with E-state index in [4.69, 9.17) is 4.74 Å². The molecular formula is C22H27N3O3S.